The normalized spacial score (nSPS) is 10.6. The van der Waals surface area contributed by atoms with Gasteiger partial charge in [-0.25, -0.2) is 4.98 Å². The smallest absolute Gasteiger partial charge is 0.174 e. The average molecular weight is 272 g/mol. The lowest BCUT2D eigenvalue weighted by molar-refractivity contribution is 0.944. The van der Waals surface area contributed by atoms with E-state index in [0.717, 1.165) is 26.2 Å². The first-order valence-electron chi connectivity index (χ1n) is 4.72. The van der Waals surface area contributed by atoms with Crippen molar-refractivity contribution in [2.75, 3.05) is 6.54 Å². The van der Waals surface area contributed by atoms with Gasteiger partial charge in [-0.1, -0.05) is 23.4 Å². The second kappa shape index (κ2) is 5.63. The molecule has 2 N–H and O–H groups in total. The van der Waals surface area contributed by atoms with Gasteiger partial charge >= 0.3 is 0 Å². The number of aromatic nitrogens is 2. The van der Waals surface area contributed by atoms with Crippen molar-refractivity contribution in [3.05, 3.63) is 35.1 Å². The van der Waals surface area contributed by atoms with Gasteiger partial charge in [-0.3, -0.25) is 0 Å². The molecule has 1 heterocycles. The van der Waals surface area contributed by atoms with Crippen molar-refractivity contribution in [3.63, 3.8) is 0 Å². The van der Waals surface area contributed by atoms with Crippen molar-refractivity contribution >= 4 is 34.9 Å². The van der Waals surface area contributed by atoms with Crippen LogP contribution < -0.4 is 5.73 Å². The lowest BCUT2D eigenvalue weighted by atomic mass is 10.1. The molecule has 0 amide bonds. The standard InChI is InChI=1S/C10H10ClN3S2/c11-8-1-2-9(7(5-8)3-4-12)15-10-13-6-14-16-10/h1-2,5-6H,3-4,12H2. The molecule has 0 saturated carbocycles. The first kappa shape index (κ1) is 11.9. The van der Waals surface area contributed by atoms with Crippen LogP contribution in [-0.2, 0) is 6.42 Å². The molecule has 0 unspecified atom stereocenters. The fourth-order valence-electron chi connectivity index (χ4n) is 1.30. The highest BCUT2D eigenvalue weighted by Crippen LogP contribution is 2.32. The van der Waals surface area contributed by atoms with Gasteiger partial charge in [0.1, 0.15) is 6.33 Å². The molecule has 0 spiro atoms. The molecule has 0 aliphatic carbocycles. The first-order chi connectivity index (χ1) is 7.79. The molecule has 3 nitrogen and oxygen atoms in total. The van der Waals surface area contributed by atoms with Crippen molar-refractivity contribution < 1.29 is 0 Å². The Morgan fingerprint density at radius 2 is 2.31 bits per heavy atom. The van der Waals surface area contributed by atoms with E-state index in [2.05, 4.69) is 9.36 Å². The Balaban J connectivity index is 2.25. The summed E-state index contributed by atoms with van der Waals surface area (Å²) in [5, 5.41) is 0.741. The van der Waals surface area contributed by atoms with E-state index in [4.69, 9.17) is 17.3 Å². The van der Waals surface area contributed by atoms with E-state index in [1.165, 1.54) is 11.5 Å². The van der Waals surface area contributed by atoms with Crippen molar-refractivity contribution in [2.45, 2.75) is 15.7 Å². The van der Waals surface area contributed by atoms with E-state index >= 15 is 0 Å². The third kappa shape index (κ3) is 2.95. The Labute approximate surface area is 107 Å². The number of nitrogens with zero attached hydrogens (tertiary/aromatic N) is 2. The van der Waals surface area contributed by atoms with Crippen LogP contribution in [0.3, 0.4) is 0 Å². The molecule has 0 radical (unpaired) electrons. The van der Waals surface area contributed by atoms with Crippen molar-refractivity contribution in [2.24, 2.45) is 5.73 Å². The van der Waals surface area contributed by atoms with Gasteiger partial charge in [0.15, 0.2) is 4.34 Å². The molecular formula is C10H10ClN3S2. The first-order valence-corrected chi connectivity index (χ1v) is 6.69. The zero-order valence-electron chi connectivity index (χ0n) is 8.39. The fourth-order valence-corrected chi connectivity index (χ4v) is 3.04. The maximum atomic E-state index is 5.96. The second-order valence-corrected chi connectivity index (χ2v) is 5.61. The van der Waals surface area contributed by atoms with E-state index in [9.17, 15) is 0 Å². The van der Waals surface area contributed by atoms with Gasteiger partial charge < -0.3 is 5.73 Å². The van der Waals surface area contributed by atoms with Crippen LogP contribution in [0.2, 0.25) is 5.02 Å². The molecule has 2 rings (SSSR count). The van der Waals surface area contributed by atoms with Gasteiger partial charge in [0.2, 0.25) is 0 Å². The molecule has 1 aromatic carbocycles. The van der Waals surface area contributed by atoms with Gasteiger partial charge in [-0.2, -0.15) is 4.37 Å². The Kier molecular flexibility index (Phi) is 4.17. The zero-order chi connectivity index (χ0) is 11.4. The van der Waals surface area contributed by atoms with Gasteiger partial charge in [0.05, 0.1) is 0 Å². The fraction of sp³-hybridized carbons (Fsp3) is 0.200. The number of hydrogen-bond donors (Lipinski definition) is 1. The summed E-state index contributed by atoms with van der Waals surface area (Å²) in [5.74, 6) is 0. The van der Waals surface area contributed by atoms with E-state index in [1.54, 1.807) is 18.1 Å². The minimum atomic E-state index is 0.615. The topological polar surface area (TPSA) is 51.8 Å². The van der Waals surface area contributed by atoms with Crippen LogP contribution in [0.4, 0.5) is 0 Å². The highest BCUT2D eigenvalue weighted by molar-refractivity contribution is 8.01. The highest BCUT2D eigenvalue weighted by atomic mass is 35.5. The van der Waals surface area contributed by atoms with E-state index < -0.39 is 0 Å². The van der Waals surface area contributed by atoms with Crippen molar-refractivity contribution in [1.82, 2.24) is 9.36 Å². The van der Waals surface area contributed by atoms with Crippen LogP contribution in [0, 0.1) is 0 Å². The Bertz CT molecular complexity index is 459. The third-order valence-corrected chi connectivity index (χ3v) is 4.04. The number of nitrogens with two attached hydrogens (primary N) is 1. The summed E-state index contributed by atoms with van der Waals surface area (Å²) in [6.07, 6.45) is 2.38. The SMILES string of the molecule is NCCc1cc(Cl)ccc1Sc1ncns1. The Morgan fingerprint density at radius 3 is 3.00 bits per heavy atom. The molecule has 6 heteroatoms. The quantitative estimate of drug-likeness (QED) is 0.929. The zero-order valence-corrected chi connectivity index (χ0v) is 10.8. The van der Waals surface area contributed by atoms with Crippen LogP contribution in [0.25, 0.3) is 0 Å². The van der Waals surface area contributed by atoms with Gasteiger partial charge in [0, 0.05) is 9.92 Å². The Morgan fingerprint density at radius 1 is 1.44 bits per heavy atom. The van der Waals surface area contributed by atoms with Crippen LogP contribution >= 0.6 is 34.9 Å². The number of benzene rings is 1. The Hall–Kier alpha value is -0.620. The molecular weight excluding hydrogens is 262 g/mol. The molecule has 2 aromatic rings. The molecule has 84 valence electrons. The van der Waals surface area contributed by atoms with E-state index in [0.29, 0.717) is 6.54 Å². The molecule has 0 aliphatic heterocycles. The van der Waals surface area contributed by atoms with Gasteiger partial charge in [-0.05, 0) is 48.3 Å². The maximum absolute atomic E-state index is 5.96. The summed E-state index contributed by atoms with van der Waals surface area (Å²) in [6, 6.07) is 5.84. The monoisotopic (exact) mass is 271 g/mol. The summed E-state index contributed by atoms with van der Waals surface area (Å²) in [7, 11) is 0. The lowest BCUT2D eigenvalue weighted by Crippen LogP contribution is -2.03. The molecule has 0 bridgehead atoms. The average Bonchev–Trinajstić information content (AvgIpc) is 2.75. The molecule has 0 fully saturated rings. The molecule has 0 saturated heterocycles. The molecule has 1 aromatic heterocycles. The molecule has 16 heavy (non-hydrogen) atoms. The van der Waals surface area contributed by atoms with Crippen molar-refractivity contribution in [3.8, 4) is 0 Å². The second-order valence-electron chi connectivity index (χ2n) is 3.10. The number of halogens is 1. The minimum Gasteiger partial charge on any atom is -0.330 e. The summed E-state index contributed by atoms with van der Waals surface area (Å²) < 4.78 is 4.90. The van der Waals surface area contributed by atoms with Crippen molar-refractivity contribution in [1.29, 1.82) is 0 Å². The van der Waals surface area contributed by atoms with E-state index in [1.807, 2.05) is 18.2 Å². The minimum absolute atomic E-state index is 0.615. The summed E-state index contributed by atoms with van der Waals surface area (Å²) >= 11 is 8.95. The van der Waals surface area contributed by atoms with Crippen LogP contribution in [-0.4, -0.2) is 15.9 Å². The van der Waals surface area contributed by atoms with Crippen LogP contribution in [0.15, 0.2) is 33.8 Å². The largest absolute Gasteiger partial charge is 0.330 e. The molecule has 0 aliphatic rings. The number of rotatable bonds is 4. The third-order valence-electron chi connectivity index (χ3n) is 1.97. The summed E-state index contributed by atoms with van der Waals surface area (Å²) in [5.41, 5.74) is 6.74. The predicted octanol–water partition coefficient (Wildman–Crippen LogP) is 2.84. The molecule has 0 atom stereocenters. The summed E-state index contributed by atoms with van der Waals surface area (Å²) in [6.45, 7) is 0.615. The van der Waals surface area contributed by atoms with E-state index in [-0.39, 0.29) is 0 Å². The lowest BCUT2D eigenvalue weighted by Gasteiger charge is -2.06. The highest BCUT2D eigenvalue weighted by Gasteiger charge is 2.06. The maximum Gasteiger partial charge on any atom is 0.174 e. The van der Waals surface area contributed by atoms with Crippen LogP contribution in [0.5, 0.6) is 0 Å². The predicted molar refractivity (Wildman–Crippen MR) is 68.2 cm³/mol. The van der Waals surface area contributed by atoms with Crippen LogP contribution in [0.1, 0.15) is 5.56 Å². The number of hydrogen-bond acceptors (Lipinski definition) is 5. The van der Waals surface area contributed by atoms with Gasteiger partial charge in [0.25, 0.3) is 0 Å². The summed E-state index contributed by atoms with van der Waals surface area (Å²) in [4.78, 5) is 5.29. The van der Waals surface area contributed by atoms with Gasteiger partial charge in [-0.15, -0.1) is 0 Å².